The van der Waals surface area contributed by atoms with Crippen molar-refractivity contribution >= 4 is 18.0 Å². The van der Waals surface area contributed by atoms with E-state index in [1.54, 1.807) is 48.7 Å². The second-order valence-electron chi connectivity index (χ2n) is 6.56. The Morgan fingerprint density at radius 2 is 1.74 bits per heavy atom. The molecule has 3 rings (SSSR count). The second kappa shape index (κ2) is 11.2. The smallest absolute Gasteiger partial charge is 0.277 e. The van der Waals surface area contributed by atoms with Crippen LogP contribution in [0.2, 0.25) is 0 Å². The van der Waals surface area contributed by atoms with Crippen LogP contribution in [0.5, 0.6) is 11.5 Å². The Morgan fingerprint density at radius 1 is 0.968 bits per heavy atom. The highest BCUT2D eigenvalue weighted by Gasteiger charge is 2.05. The minimum atomic E-state index is -0.361. The standard InChI is InChI=1S/C23H23N3O5/c1-17-5-2-3-7-21(17)31-16-23(28)26-25-13-18-8-10-19(11-9-18)30-15-22(27)24-14-20-6-4-12-29-20/h2-13H,14-16H2,1H3,(H,24,27)(H,26,28)/b25-13-. The van der Waals surface area contributed by atoms with Gasteiger partial charge in [0.2, 0.25) is 0 Å². The van der Waals surface area contributed by atoms with Crippen molar-refractivity contribution in [2.75, 3.05) is 13.2 Å². The lowest BCUT2D eigenvalue weighted by Gasteiger charge is -2.07. The molecule has 0 aliphatic carbocycles. The summed E-state index contributed by atoms with van der Waals surface area (Å²) in [6.07, 6.45) is 3.05. The van der Waals surface area contributed by atoms with E-state index < -0.39 is 0 Å². The summed E-state index contributed by atoms with van der Waals surface area (Å²) < 4.78 is 16.1. The number of amides is 2. The summed E-state index contributed by atoms with van der Waals surface area (Å²) in [5.41, 5.74) is 4.13. The first-order valence-corrected chi connectivity index (χ1v) is 9.62. The van der Waals surface area contributed by atoms with Crippen LogP contribution < -0.4 is 20.2 Å². The van der Waals surface area contributed by atoms with Gasteiger partial charge in [-0.25, -0.2) is 5.43 Å². The van der Waals surface area contributed by atoms with Gasteiger partial charge in [0.05, 0.1) is 19.0 Å². The summed E-state index contributed by atoms with van der Waals surface area (Å²) >= 11 is 0. The van der Waals surface area contributed by atoms with Crippen molar-refractivity contribution < 1.29 is 23.5 Å². The topological polar surface area (TPSA) is 102 Å². The van der Waals surface area contributed by atoms with Crippen LogP contribution in [0.1, 0.15) is 16.9 Å². The molecule has 31 heavy (non-hydrogen) atoms. The molecular weight excluding hydrogens is 398 g/mol. The highest BCUT2D eigenvalue weighted by molar-refractivity contribution is 5.83. The Hall–Kier alpha value is -4.07. The summed E-state index contributed by atoms with van der Waals surface area (Å²) in [6, 6.07) is 17.9. The van der Waals surface area contributed by atoms with E-state index in [-0.39, 0.29) is 25.0 Å². The van der Waals surface area contributed by atoms with E-state index in [1.165, 1.54) is 6.21 Å². The van der Waals surface area contributed by atoms with Gasteiger partial charge in [0.1, 0.15) is 17.3 Å². The quantitative estimate of drug-likeness (QED) is 0.387. The van der Waals surface area contributed by atoms with E-state index in [0.29, 0.717) is 23.8 Å². The Labute approximate surface area is 179 Å². The molecule has 2 amide bonds. The number of nitrogens with one attached hydrogen (secondary N) is 2. The number of hydrazone groups is 1. The lowest BCUT2D eigenvalue weighted by molar-refractivity contribution is -0.123. The van der Waals surface area contributed by atoms with E-state index >= 15 is 0 Å². The number of furan rings is 1. The van der Waals surface area contributed by atoms with Gasteiger partial charge in [-0.15, -0.1) is 0 Å². The van der Waals surface area contributed by atoms with Crippen molar-refractivity contribution in [2.45, 2.75) is 13.5 Å². The first-order chi connectivity index (χ1) is 15.1. The summed E-state index contributed by atoms with van der Waals surface area (Å²) in [7, 11) is 0. The van der Waals surface area contributed by atoms with Crippen molar-refractivity contribution in [1.82, 2.24) is 10.7 Å². The SMILES string of the molecule is Cc1ccccc1OCC(=O)N/N=C\c1ccc(OCC(=O)NCc2ccco2)cc1. The molecule has 0 aliphatic heterocycles. The molecule has 8 nitrogen and oxygen atoms in total. The maximum atomic E-state index is 11.8. The third-order valence-corrected chi connectivity index (χ3v) is 4.15. The maximum Gasteiger partial charge on any atom is 0.277 e. The van der Waals surface area contributed by atoms with Crippen LogP contribution in [0.25, 0.3) is 0 Å². The predicted molar refractivity (Wildman–Crippen MR) is 115 cm³/mol. The number of aryl methyl sites for hydroxylation is 1. The second-order valence-corrected chi connectivity index (χ2v) is 6.56. The van der Waals surface area contributed by atoms with Gasteiger partial charge in [0, 0.05) is 0 Å². The first-order valence-electron chi connectivity index (χ1n) is 9.62. The summed E-state index contributed by atoms with van der Waals surface area (Å²) in [5.74, 6) is 1.26. The van der Waals surface area contributed by atoms with Crippen molar-refractivity contribution in [1.29, 1.82) is 0 Å². The average Bonchev–Trinajstić information content (AvgIpc) is 3.30. The molecule has 0 unspecified atom stereocenters. The van der Waals surface area contributed by atoms with Crippen LogP contribution in [0.4, 0.5) is 0 Å². The zero-order chi connectivity index (χ0) is 21.9. The molecular formula is C23H23N3O5. The van der Waals surface area contributed by atoms with Crippen molar-refractivity contribution in [3.05, 3.63) is 83.8 Å². The van der Waals surface area contributed by atoms with Crippen LogP contribution in [-0.2, 0) is 16.1 Å². The third-order valence-electron chi connectivity index (χ3n) is 4.15. The lowest BCUT2D eigenvalue weighted by Crippen LogP contribution is -2.28. The normalized spacial score (nSPS) is 10.6. The Kier molecular flexibility index (Phi) is 7.82. The van der Waals surface area contributed by atoms with Crippen LogP contribution in [0, 0.1) is 6.92 Å². The number of carbonyl (C=O) groups is 2. The van der Waals surface area contributed by atoms with Crippen LogP contribution in [0.3, 0.4) is 0 Å². The number of nitrogens with zero attached hydrogens (tertiary/aromatic N) is 1. The molecule has 0 bridgehead atoms. The van der Waals surface area contributed by atoms with Crippen LogP contribution in [0.15, 0.2) is 76.4 Å². The maximum absolute atomic E-state index is 11.8. The molecule has 2 N–H and O–H groups in total. The number of para-hydroxylation sites is 1. The Balaban J connectivity index is 1.36. The molecule has 0 aliphatic rings. The molecule has 1 aromatic heterocycles. The van der Waals surface area contributed by atoms with Gasteiger partial charge in [-0.3, -0.25) is 9.59 Å². The van der Waals surface area contributed by atoms with E-state index in [4.69, 9.17) is 13.9 Å². The van der Waals surface area contributed by atoms with Crippen LogP contribution in [-0.4, -0.2) is 31.2 Å². The van der Waals surface area contributed by atoms with Gasteiger partial charge in [0.25, 0.3) is 11.8 Å². The molecule has 1 heterocycles. The molecule has 160 valence electrons. The molecule has 0 spiro atoms. The van der Waals surface area contributed by atoms with Gasteiger partial charge in [-0.2, -0.15) is 5.10 Å². The van der Waals surface area contributed by atoms with Gasteiger partial charge in [-0.05, 0) is 60.5 Å². The summed E-state index contributed by atoms with van der Waals surface area (Å²) in [5, 5.41) is 6.61. The number of ether oxygens (including phenoxy) is 2. The number of hydrogen-bond donors (Lipinski definition) is 2. The van der Waals surface area contributed by atoms with E-state index in [9.17, 15) is 9.59 Å². The molecule has 8 heteroatoms. The highest BCUT2D eigenvalue weighted by atomic mass is 16.5. The molecule has 0 saturated heterocycles. The van der Waals surface area contributed by atoms with E-state index in [2.05, 4.69) is 15.8 Å². The molecule has 0 fully saturated rings. The Bertz CT molecular complexity index is 1010. The van der Waals surface area contributed by atoms with Gasteiger partial charge in [-0.1, -0.05) is 18.2 Å². The number of carbonyl (C=O) groups excluding carboxylic acids is 2. The fourth-order valence-corrected chi connectivity index (χ4v) is 2.52. The van der Waals surface area contributed by atoms with Gasteiger partial charge in [0.15, 0.2) is 13.2 Å². The molecule has 2 aromatic carbocycles. The van der Waals surface area contributed by atoms with Crippen molar-refractivity contribution in [3.8, 4) is 11.5 Å². The number of hydrogen-bond acceptors (Lipinski definition) is 6. The fraction of sp³-hybridized carbons (Fsp3) is 0.174. The molecule has 0 atom stereocenters. The predicted octanol–water partition coefficient (Wildman–Crippen LogP) is 2.81. The van der Waals surface area contributed by atoms with Gasteiger partial charge < -0.3 is 19.2 Å². The van der Waals surface area contributed by atoms with E-state index in [1.807, 2.05) is 25.1 Å². The monoisotopic (exact) mass is 421 g/mol. The zero-order valence-electron chi connectivity index (χ0n) is 17.0. The minimum absolute atomic E-state index is 0.106. The summed E-state index contributed by atoms with van der Waals surface area (Å²) in [6.45, 7) is 1.99. The fourth-order valence-electron chi connectivity index (χ4n) is 2.52. The molecule has 3 aromatic rings. The highest BCUT2D eigenvalue weighted by Crippen LogP contribution is 2.15. The first kappa shape index (κ1) is 21.6. The van der Waals surface area contributed by atoms with Crippen molar-refractivity contribution in [2.24, 2.45) is 5.10 Å². The third kappa shape index (κ3) is 7.36. The van der Waals surface area contributed by atoms with Crippen LogP contribution >= 0.6 is 0 Å². The number of benzene rings is 2. The average molecular weight is 421 g/mol. The molecule has 0 saturated carbocycles. The Morgan fingerprint density at radius 3 is 2.48 bits per heavy atom. The van der Waals surface area contributed by atoms with Gasteiger partial charge >= 0.3 is 0 Å². The lowest BCUT2D eigenvalue weighted by atomic mass is 10.2. The van der Waals surface area contributed by atoms with Crippen molar-refractivity contribution in [3.63, 3.8) is 0 Å². The summed E-state index contributed by atoms with van der Waals surface area (Å²) in [4.78, 5) is 23.6. The number of rotatable bonds is 10. The minimum Gasteiger partial charge on any atom is -0.484 e. The van der Waals surface area contributed by atoms with E-state index in [0.717, 1.165) is 11.1 Å². The largest absolute Gasteiger partial charge is 0.484 e. The zero-order valence-corrected chi connectivity index (χ0v) is 17.0. The molecule has 0 radical (unpaired) electrons.